The summed E-state index contributed by atoms with van der Waals surface area (Å²) in [4.78, 5) is 36.5. The number of guanidine groups is 1. The molecule has 3 heterocycles. The standard InChI is InChI=1S/C37H45N5O7/c1-34(2,3)48-32(44)40-31(41-33(45)49-35(4,5)6)38-23-9-7-8-21-22-17-37(46)25-16-20-12-13-24(43)29-26(20)36(37,14-15-42(25)18-19-10-11-19)30(47-29)28(22)39-27(21)23/h7-9,12-13,19,25,30,39,43,46H,10-11,14-18H2,1-6H3,(H2,38,40,41,44,45)/t25-,30-,36-,37+/m0/s1. The van der Waals surface area contributed by atoms with Crippen molar-refractivity contribution in [1.29, 1.82) is 0 Å². The van der Waals surface area contributed by atoms with Crippen molar-refractivity contribution in [3.63, 3.8) is 0 Å². The number of carbonyl (C=O) groups is 2. The minimum absolute atomic E-state index is 0.0813. The van der Waals surface area contributed by atoms with Crippen molar-refractivity contribution in [1.82, 2.24) is 20.5 Å². The minimum Gasteiger partial charge on any atom is -0.504 e. The number of aliphatic hydroxyl groups is 1. The van der Waals surface area contributed by atoms with E-state index in [1.165, 1.54) is 12.8 Å². The van der Waals surface area contributed by atoms with Gasteiger partial charge in [0, 0.05) is 30.0 Å². The van der Waals surface area contributed by atoms with Crippen LogP contribution in [0.5, 0.6) is 11.5 Å². The van der Waals surface area contributed by atoms with E-state index in [-0.39, 0.29) is 17.8 Å². The molecule has 5 aliphatic rings. The molecular weight excluding hydrogens is 626 g/mol. The van der Waals surface area contributed by atoms with Crippen LogP contribution in [0.4, 0.5) is 15.3 Å². The molecule has 8 rings (SSSR count). The van der Waals surface area contributed by atoms with Gasteiger partial charge < -0.3 is 29.4 Å². The SMILES string of the molecule is CC(C)(C)OC(=O)NC(=Nc1cccc2c3c([nH]c12)[C@@H]1Oc2c(O)ccc4c2[C@@]12CCN(CC1CC1)[C@@H](C4)[C@]2(O)C3)NC(=O)OC(C)(C)C. The summed E-state index contributed by atoms with van der Waals surface area (Å²) >= 11 is 0. The first-order chi connectivity index (χ1) is 23.1. The van der Waals surface area contributed by atoms with Crippen molar-refractivity contribution in [3.8, 4) is 11.5 Å². The van der Waals surface area contributed by atoms with E-state index in [2.05, 4.69) is 20.5 Å². The summed E-state index contributed by atoms with van der Waals surface area (Å²) in [5.74, 6) is 1.05. The molecule has 260 valence electrons. The Morgan fingerprint density at radius 2 is 1.76 bits per heavy atom. The Morgan fingerprint density at radius 3 is 2.41 bits per heavy atom. The van der Waals surface area contributed by atoms with E-state index in [1.54, 1.807) is 53.7 Å². The third-order valence-electron chi connectivity index (χ3n) is 10.6. The van der Waals surface area contributed by atoms with Crippen LogP contribution < -0.4 is 15.4 Å². The van der Waals surface area contributed by atoms with Gasteiger partial charge in [0.25, 0.3) is 0 Å². The van der Waals surface area contributed by atoms with Gasteiger partial charge in [-0.2, -0.15) is 0 Å². The molecule has 2 bridgehead atoms. The summed E-state index contributed by atoms with van der Waals surface area (Å²) in [6.07, 6.45) is 2.11. The number of aromatic amines is 1. The Morgan fingerprint density at radius 1 is 1.06 bits per heavy atom. The number of para-hydroxylation sites is 1. The number of likely N-dealkylation sites (tertiary alicyclic amines) is 1. The second kappa shape index (κ2) is 10.6. The quantitative estimate of drug-likeness (QED) is 0.178. The Balaban J connectivity index is 1.24. The maximum atomic E-state index is 13.2. The monoisotopic (exact) mass is 671 g/mol. The van der Waals surface area contributed by atoms with E-state index in [0.717, 1.165) is 40.9 Å². The number of benzene rings is 2. The molecule has 1 aromatic heterocycles. The van der Waals surface area contributed by atoms with Crippen LogP contribution in [0, 0.1) is 5.92 Å². The summed E-state index contributed by atoms with van der Waals surface area (Å²) in [6, 6.07) is 9.23. The van der Waals surface area contributed by atoms with E-state index in [4.69, 9.17) is 19.2 Å². The van der Waals surface area contributed by atoms with E-state index < -0.39 is 40.5 Å². The number of aromatic nitrogens is 1. The molecule has 0 unspecified atom stereocenters. The molecule has 3 aliphatic carbocycles. The fraction of sp³-hybridized carbons (Fsp3) is 0.541. The van der Waals surface area contributed by atoms with Gasteiger partial charge >= 0.3 is 12.2 Å². The molecule has 2 fully saturated rings. The van der Waals surface area contributed by atoms with Gasteiger partial charge in [-0.1, -0.05) is 18.2 Å². The zero-order valence-corrected chi connectivity index (χ0v) is 28.9. The number of rotatable bonds is 3. The number of carbonyl (C=O) groups excluding carboxylic acids is 2. The second-order valence-corrected chi connectivity index (χ2v) is 16.4. The third kappa shape index (κ3) is 5.13. The average molecular weight is 672 g/mol. The number of nitrogens with zero attached hydrogens (tertiary/aromatic N) is 2. The van der Waals surface area contributed by atoms with Crippen molar-refractivity contribution < 1.29 is 34.0 Å². The van der Waals surface area contributed by atoms with Gasteiger partial charge in [0.1, 0.15) is 11.2 Å². The number of alkyl carbamates (subject to hydrolysis) is 2. The van der Waals surface area contributed by atoms with Crippen LogP contribution in [-0.4, -0.2) is 74.2 Å². The molecule has 12 heteroatoms. The van der Waals surface area contributed by atoms with E-state index in [9.17, 15) is 19.8 Å². The molecular formula is C37H45N5O7. The van der Waals surface area contributed by atoms with E-state index in [1.807, 2.05) is 18.2 Å². The zero-order valence-electron chi connectivity index (χ0n) is 28.9. The summed E-state index contributed by atoms with van der Waals surface area (Å²) in [5, 5.41) is 30.2. The Hall–Kier alpha value is -4.29. The molecule has 0 radical (unpaired) electrons. The molecule has 5 N–H and O–H groups in total. The molecule has 2 amide bonds. The Labute approximate surface area is 285 Å². The first-order valence-corrected chi connectivity index (χ1v) is 17.3. The molecule has 4 atom stereocenters. The van der Waals surface area contributed by atoms with Gasteiger partial charge in [-0.05, 0) is 103 Å². The highest BCUT2D eigenvalue weighted by atomic mass is 16.6. The fourth-order valence-corrected chi connectivity index (χ4v) is 8.73. The number of aliphatic imine (C=N–C) groups is 1. The summed E-state index contributed by atoms with van der Waals surface area (Å²) in [7, 11) is 0. The van der Waals surface area contributed by atoms with Gasteiger partial charge in [-0.3, -0.25) is 15.5 Å². The highest BCUT2D eigenvalue weighted by Crippen LogP contribution is 2.69. The maximum Gasteiger partial charge on any atom is 0.414 e. The zero-order chi connectivity index (χ0) is 34.7. The van der Waals surface area contributed by atoms with E-state index in [0.29, 0.717) is 42.1 Å². The second-order valence-electron chi connectivity index (χ2n) is 16.4. The molecule has 1 saturated carbocycles. The number of H-pyrrole nitrogens is 1. The summed E-state index contributed by atoms with van der Waals surface area (Å²) in [5.41, 5.74) is 1.50. The average Bonchev–Trinajstić information content (AvgIpc) is 3.61. The summed E-state index contributed by atoms with van der Waals surface area (Å²) < 4.78 is 17.6. The van der Waals surface area contributed by atoms with Crippen LogP contribution in [0.3, 0.4) is 0 Å². The van der Waals surface area contributed by atoms with Crippen molar-refractivity contribution in [3.05, 3.63) is 52.7 Å². The highest BCUT2D eigenvalue weighted by Gasteiger charge is 2.73. The smallest absolute Gasteiger partial charge is 0.414 e. The molecule has 1 saturated heterocycles. The van der Waals surface area contributed by atoms with Gasteiger partial charge in [0.15, 0.2) is 17.6 Å². The number of hydrogen-bond acceptors (Lipinski definition) is 9. The number of fused-ring (bicyclic) bond motifs is 4. The number of phenols is 1. The number of nitrogens with one attached hydrogen (secondary N) is 3. The topological polar surface area (TPSA) is 158 Å². The van der Waals surface area contributed by atoms with Crippen molar-refractivity contribution in [2.24, 2.45) is 10.9 Å². The van der Waals surface area contributed by atoms with Crippen molar-refractivity contribution >= 4 is 34.7 Å². The van der Waals surface area contributed by atoms with E-state index >= 15 is 0 Å². The molecule has 3 aromatic rings. The third-order valence-corrected chi connectivity index (χ3v) is 10.6. The van der Waals surface area contributed by atoms with Crippen molar-refractivity contribution in [2.45, 2.75) is 108 Å². The van der Waals surface area contributed by atoms with Crippen molar-refractivity contribution in [2.75, 3.05) is 13.1 Å². The molecule has 49 heavy (non-hydrogen) atoms. The number of hydrogen-bond donors (Lipinski definition) is 5. The van der Waals surface area contributed by atoms with Crippen LogP contribution in [0.2, 0.25) is 0 Å². The van der Waals surface area contributed by atoms with Crippen LogP contribution in [-0.2, 0) is 27.7 Å². The normalized spacial score (nSPS) is 26.7. The molecule has 2 aromatic carbocycles. The summed E-state index contributed by atoms with van der Waals surface area (Å²) in [6.45, 7) is 12.3. The predicted octanol–water partition coefficient (Wildman–Crippen LogP) is 5.61. The number of aromatic hydroxyl groups is 1. The van der Waals surface area contributed by atoms with Gasteiger partial charge in [-0.25, -0.2) is 14.6 Å². The maximum absolute atomic E-state index is 13.2. The molecule has 2 aliphatic heterocycles. The first kappa shape index (κ1) is 31.9. The fourth-order valence-electron chi connectivity index (χ4n) is 8.73. The van der Waals surface area contributed by atoms with Gasteiger partial charge in [0.05, 0.1) is 27.9 Å². The Kier molecular flexibility index (Phi) is 6.91. The molecule has 12 nitrogen and oxygen atoms in total. The first-order valence-electron chi connectivity index (χ1n) is 17.3. The largest absolute Gasteiger partial charge is 0.504 e. The lowest BCUT2D eigenvalue weighted by Crippen LogP contribution is -2.74. The number of amides is 2. The lowest BCUT2D eigenvalue weighted by Gasteiger charge is -2.62. The predicted molar refractivity (Wildman–Crippen MR) is 182 cm³/mol. The number of phenolic OH excluding ortho intramolecular Hbond substituents is 1. The van der Waals surface area contributed by atoms with Crippen LogP contribution in [0.1, 0.15) is 89.3 Å². The van der Waals surface area contributed by atoms with Crippen LogP contribution >= 0.6 is 0 Å². The van der Waals surface area contributed by atoms with Crippen LogP contribution in [0.25, 0.3) is 10.9 Å². The Bertz CT molecular complexity index is 1890. The van der Waals surface area contributed by atoms with Crippen LogP contribution in [0.15, 0.2) is 35.3 Å². The lowest BCUT2D eigenvalue weighted by molar-refractivity contribution is -0.173. The lowest BCUT2D eigenvalue weighted by atomic mass is 9.49. The van der Waals surface area contributed by atoms with Gasteiger partial charge in [-0.15, -0.1) is 0 Å². The van der Waals surface area contributed by atoms with Gasteiger partial charge in [0.2, 0.25) is 5.96 Å². The minimum atomic E-state index is -1.14. The number of piperidine rings is 1. The number of ether oxygens (including phenoxy) is 3. The highest BCUT2D eigenvalue weighted by molar-refractivity contribution is 6.04. The molecule has 1 spiro atoms.